The fourth-order valence-electron chi connectivity index (χ4n) is 2.67. The van der Waals surface area contributed by atoms with Crippen molar-refractivity contribution in [2.45, 2.75) is 46.3 Å². The van der Waals surface area contributed by atoms with Gasteiger partial charge in [0, 0.05) is 33.0 Å². The smallest absolute Gasteiger partial charge is 0.439 e. The Bertz CT molecular complexity index is 816. The number of aromatic nitrogens is 1. The number of pyridine rings is 1. The van der Waals surface area contributed by atoms with Crippen LogP contribution in [-0.2, 0) is 16.1 Å². The van der Waals surface area contributed by atoms with E-state index in [1.54, 1.807) is 12.3 Å². The first kappa shape index (κ1) is 19.4. The number of hydrogen-bond donors (Lipinski definition) is 1. The highest BCUT2D eigenvalue weighted by atomic mass is 16.7. The third-order valence-electron chi connectivity index (χ3n) is 4.12. The normalized spacial score (nSPS) is 14.3. The fourth-order valence-corrected chi connectivity index (χ4v) is 2.67. The molecule has 0 atom stereocenters. The van der Waals surface area contributed by atoms with Crippen LogP contribution in [0.5, 0.6) is 11.6 Å². The molecule has 0 radical (unpaired) electrons. The molecule has 0 bridgehead atoms. The van der Waals surface area contributed by atoms with E-state index < -0.39 is 7.12 Å². The van der Waals surface area contributed by atoms with E-state index in [4.69, 9.17) is 14.2 Å². The van der Waals surface area contributed by atoms with Crippen molar-refractivity contribution in [2.75, 3.05) is 6.61 Å². The van der Waals surface area contributed by atoms with Crippen LogP contribution in [0, 0.1) is 0 Å². The predicted octanol–water partition coefficient (Wildman–Crippen LogP) is 2.66. The third kappa shape index (κ3) is 4.87. The molecule has 1 aromatic heterocycles. The molecular formula is C20H26BN2O4+. The Labute approximate surface area is 160 Å². The van der Waals surface area contributed by atoms with Gasteiger partial charge in [-0.1, -0.05) is 13.0 Å². The molecule has 0 unspecified atom stereocenters. The summed E-state index contributed by atoms with van der Waals surface area (Å²) in [6.45, 7) is 9.42. The minimum Gasteiger partial charge on any atom is -0.439 e. The second kappa shape index (κ2) is 8.11. The van der Waals surface area contributed by atoms with Crippen LogP contribution in [-0.4, -0.2) is 40.2 Å². The topological polar surface area (TPSA) is 63.8 Å². The Kier molecular flexibility index (Phi) is 5.82. The molecule has 0 saturated heterocycles. The molecule has 0 fully saturated rings. The summed E-state index contributed by atoms with van der Waals surface area (Å²) in [5, 5.41) is 9.68. The molecule has 27 heavy (non-hydrogen) atoms. The molecule has 0 aliphatic carbocycles. The van der Waals surface area contributed by atoms with Gasteiger partial charge in [0.25, 0.3) is 0 Å². The van der Waals surface area contributed by atoms with E-state index in [9.17, 15) is 5.02 Å². The predicted molar refractivity (Wildman–Crippen MR) is 105 cm³/mol. The molecule has 7 heteroatoms. The molecule has 3 rings (SSSR count). The maximum atomic E-state index is 9.68. The van der Waals surface area contributed by atoms with Gasteiger partial charge in [0.2, 0.25) is 17.6 Å². The van der Waals surface area contributed by atoms with Crippen molar-refractivity contribution >= 4 is 18.8 Å². The van der Waals surface area contributed by atoms with E-state index in [-0.39, 0.29) is 5.54 Å². The first-order valence-electron chi connectivity index (χ1n) is 9.20. The highest BCUT2D eigenvalue weighted by Crippen LogP contribution is 2.22. The summed E-state index contributed by atoms with van der Waals surface area (Å²) in [5.41, 5.74) is 2.49. The van der Waals surface area contributed by atoms with E-state index in [0.29, 0.717) is 24.8 Å². The van der Waals surface area contributed by atoms with Crippen LogP contribution in [0.25, 0.3) is 0 Å². The average molecular weight is 369 g/mol. The van der Waals surface area contributed by atoms with E-state index in [0.717, 1.165) is 23.0 Å². The molecule has 142 valence electrons. The van der Waals surface area contributed by atoms with Crippen LogP contribution in [0.4, 0.5) is 0 Å². The van der Waals surface area contributed by atoms with E-state index in [1.165, 1.54) is 0 Å². The lowest BCUT2D eigenvalue weighted by Gasteiger charge is -2.15. The Morgan fingerprint density at radius 2 is 2.11 bits per heavy atom. The second-order valence-corrected chi connectivity index (χ2v) is 7.51. The molecule has 1 aliphatic rings. The van der Waals surface area contributed by atoms with E-state index >= 15 is 0 Å². The van der Waals surface area contributed by atoms with Crippen LogP contribution in [0.3, 0.4) is 0 Å². The number of hydrogen-bond acceptors (Lipinski definition) is 5. The highest BCUT2D eigenvalue weighted by molar-refractivity contribution is 6.61. The summed E-state index contributed by atoms with van der Waals surface area (Å²) >= 11 is 0. The van der Waals surface area contributed by atoms with Gasteiger partial charge >= 0.3 is 7.12 Å². The van der Waals surface area contributed by atoms with Crippen LogP contribution in [0.15, 0.2) is 36.5 Å². The van der Waals surface area contributed by atoms with Crippen molar-refractivity contribution in [1.29, 1.82) is 0 Å². The van der Waals surface area contributed by atoms with E-state index in [2.05, 4.69) is 32.7 Å². The largest absolute Gasteiger partial charge is 0.491 e. The molecule has 0 amide bonds. The minimum atomic E-state index is -0.845. The van der Waals surface area contributed by atoms with Gasteiger partial charge < -0.3 is 14.4 Å². The lowest BCUT2D eigenvalue weighted by Crippen LogP contribution is -2.34. The van der Waals surface area contributed by atoms with Crippen molar-refractivity contribution in [3.8, 4) is 11.6 Å². The van der Waals surface area contributed by atoms with E-state index in [1.807, 2.05) is 35.2 Å². The van der Waals surface area contributed by atoms with Crippen molar-refractivity contribution < 1.29 is 24.0 Å². The summed E-state index contributed by atoms with van der Waals surface area (Å²) < 4.78 is 12.9. The maximum absolute atomic E-state index is 9.68. The van der Waals surface area contributed by atoms with Crippen LogP contribution in [0.1, 0.15) is 45.2 Å². The lowest BCUT2D eigenvalue weighted by molar-refractivity contribution is -0.827. The number of hydroxylamine groups is 1. The van der Waals surface area contributed by atoms with Gasteiger partial charge in [-0.3, -0.25) is 4.84 Å². The van der Waals surface area contributed by atoms with Gasteiger partial charge in [0.1, 0.15) is 5.75 Å². The Morgan fingerprint density at radius 3 is 2.78 bits per heavy atom. The van der Waals surface area contributed by atoms with Crippen molar-refractivity contribution in [3.05, 3.63) is 47.7 Å². The summed E-state index contributed by atoms with van der Waals surface area (Å²) in [5.74, 6) is 1.17. The second-order valence-electron chi connectivity index (χ2n) is 7.51. The molecule has 1 aliphatic heterocycles. The summed E-state index contributed by atoms with van der Waals surface area (Å²) in [6, 6.07) is 9.25. The fraction of sp³-hybridized carbons (Fsp3) is 0.400. The number of rotatable bonds is 6. The van der Waals surface area contributed by atoms with Crippen LogP contribution >= 0.6 is 0 Å². The Morgan fingerprint density at radius 1 is 1.30 bits per heavy atom. The summed E-state index contributed by atoms with van der Waals surface area (Å²) in [7, 11) is -0.845. The van der Waals surface area contributed by atoms with Gasteiger partial charge in [-0.2, -0.15) is 0 Å². The Balaban J connectivity index is 1.72. The molecule has 6 nitrogen and oxygen atoms in total. The quantitative estimate of drug-likeness (QED) is 0.367. The zero-order valence-corrected chi connectivity index (χ0v) is 16.3. The maximum Gasteiger partial charge on any atom is 0.491 e. The average Bonchev–Trinajstić information content (AvgIpc) is 2.99. The Hall–Kier alpha value is -2.38. The molecule has 2 heterocycles. The van der Waals surface area contributed by atoms with Crippen molar-refractivity contribution in [3.63, 3.8) is 0 Å². The molecule has 0 saturated carbocycles. The zero-order valence-electron chi connectivity index (χ0n) is 16.3. The first-order valence-corrected chi connectivity index (χ1v) is 9.20. The van der Waals surface area contributed by atoms with Crippen LogP contribution in [0.2, 0.25) is 0 Å². The number of ether oxygens (including phenoxy) is 1. The minimum absolute atomic E-state index is 0.151. The lowest BCUT2D eigenvalue weighted by atomic mass is 9.80. The number of benzene rings is 1. The highest BCUT2D eigenvalue weighted by Gasteiger charge is 2.28. The molecular weight excluding hydrogens is 343 g/mol. The van der Waals surface area contributed by atoms with Crippen molar-refractivity contribution in [2.24, 2.45) is 0 Å². The molecule has 1 N–H and O–H groups in total. The number of nitrogens with zero attached hydrogens (tertiary/aromatic N) is 2. The van der Waals surface area contributed by atoms with Gasteiger partial charge in [-0.05, 0) is 40.4 Å². The van der Waals surface area contributed by atoms with Gasteiger partial charge in [-0.15, -0.1) is 0 Å². The molecule has 2 aromatic rings. The number of fused-ring (bicyclic) bond motifs is 1. The SMILES string of the molecule is CCCO/[N+](=C\c1ccc(Oc2ccc3c(c2)COB3O)nc1)C(C)(C)C. The third-order valence-corrected chi connectivity index (χ3v) is 4.12. The monoisotopic (exact) mass is 369 g/mol. The molecule has 1 aromatic carbocycles. The van der Waals surface area contributed by atoms with Gasteiger partial charge in [-0.25, -0.2) is 4.98 Å². The van der Waals surface area contributed by atoms with Gasteiger partial charge in [0.15, 0.2) is 6.61 Å². The zero-order chi connectivity index (χ0) is 19.4. The summed E-state index contributed by atoms with van der Waals surface area (Å²) in [4.78, 5) is 10.2. The first-order chi connectivity index (χ1) is 12.9. The standard InChI is InChI=1S/C20H26BN2O4/c1-5-10-26-23(20(2,3)4)13-15-6-9-19(22-12-15)27-17-7-8-18-16(11-17)14-25-21(18)24/h6-9,11-13,24H,5,10,14H2,1-4H3/q+1. The summed E-state index contributed by atoms with van der Waals surface area (Å²) in [6.07, 6.45) is 4.65. The molecule has 0 spiro atoms. The van der Waals surface area contributed by atoms with Gasteiger partial charge in [0.05, 0.1) is 12.2 Å². The van der Waals surface area contributed by atoms with Crippen LogP contribution < -0.4 is 10.2 Å². The van der Waals surface area contributed by atoms with Crippen molar-refractivity contribution in [1.82, 2.24) is 4.98 Å².